The van der Waals surface area contributed by atoms with Crippen LogP contribution < -0.4 is 4.90 Å². The minimum atomic E-state index is -4.23. The highest BCUT2D eigenvalue weighted by atomic mass is 19.4. The number of hydrogen-bond donors (Lipinski definition) is 0. The molecule has 1 aliphatic rings. The second kappa shape index (κ2) is 4.00. The second-order valence-electron chi connectivity index (χ2n) is 4.02. The van der Waals surface area contributed by atoms with Crippen molar-refractivity contribution < 1.29 is 13.2 Å². The molecule has 0 bridgehead atoms. The Morgan fingerprint density at radius 1 is 1.31 bits per heavy atom. The molecule has 88 valence electrons. The van der Waals surface area contributed by atoms with Crippen LogP contribution >= 0.6 is 0 Å². The van der Waals surface area contributed by atoms with Gasteiger partial charge in [0.25, 0.3) is 0 Å². The van der Waals surface area contributed by atoms with E-state index in [1.807, 2.05) is 6.92 Å². The lowest BCUT2D eigenvalue weighted by molar-refractivity contribution is -0.137. The number of alkyl halides is 3. The van der Waals surface area contributed by atoms with Gasteiger partial charge in [-0.1, -0.05) is 0 Å². The van der Waals surface area contributed by atoms with E-state index in [0.29, 0.717) is 0 Å². The molecule has 0 atom stereocenters. The highest BCUT2D eigenvalue weighted by molar-refractivity contribution is 5.57. The van der Waals surface area contributed by atoms with Gasteiger partial charge in [0.1, 0.15) is 0 Å². The van der Waals surface area contributed by atoms with Crippen molar-refractivity contribution in [3.8, 4) is 0 Å². The molecular formula is C12H14F3N. The summed E-state index contributed by atoms with van der Waals surface area (Å²) in [5.74, 6) is 0. The molecule has 1 heterocycles. The fourth-order valence-electron chi connectivity index (χ4n) is 2.18. The van der Waals surface area contributed by atoms with Gasteiger partial charge in [-0.3, -0.25) is 0 Å². The van der Waals surface area contributed by atoms with Gasteiger partial charge >= 0.3 is 6.18 Å². The van der Waals surface area contributed by atoms with Crippen LogP contribution in [0.3, 0.4) is 0 Å². The Hall–Kier alpha value is -1.19. The van der Waals surface area contributed by atoms with Crippen LogP contribution in [0, 0.1) is 0 Å². The molecule has 1 aromatic rings. The fourth-order valence-corrected chi connectivity index (χ4v) is 2.18. The molecule has 1 nitrogen and oxygen atoms in total. The molecule has 0 amide bonds. The maximum absolute atomic E-state index is 12.5. The van der Waals surface area contributed by atoms with Crippen LogP contribution in [-0.2, 0) is 12.6 Å². The summed E-state index contributed by atoms with van der Waals surface area (Å²) in [6, 6.07) is 4.06. The number of nitrogens with zero attached hydrogens (tertiary/aromatic N) is 1. The third-order valence-electron chi connectivity index (χ3n) is 3.00. The molecule has 0 unspecified atom stereocenters. The van der Waals surface area contributed by atoms with Crippen molar-refractivity contribution in [1.29, 1.82) is 0 Å². The maximum Gasteiger partial charge on any atom is 0.416 e. The highest BCUT2D eigenvalue weighted by Gasteiger charge is 2.31. The van der Waals surface area contributed by atoms with E-state index in [-0.39, 0.29) is 0 Å². The molecule has 16 heavy (non-hydrogen) atoms. The van der Waals surface area contributed by atoms with Crippen LogP contribution in [0.25, 0.3) is 0 Å². The first kappa shape index (κ1) is 11.3. The molecule has 0 saturated carbocycles. The van der Waals surface area contributed by atoms with E-state index in [9.17, 15) is 13.2 Å². The van der Waals surface area contributed by atoms with E-state index in [2.05, 4.69) is 4.90 Å². The van der Waals surface area contributed by atoms with Gasteiger partial charge in [-0.05, 0) is 43.5 Å². The quantitative estimate of drug-likeness (QED) is 0.712. The predicted octanol–water partition coefficient (Wildman–Crippen LogP) is 3.48. The zero-order chi connectivity index (χ0) is 11.8. The summed E-state index contributed by atoms with van der Waals surface area (Å²) in [7, 11) is 0. The van der Waals surface area contributed by atoms with E-state index in [1.54, 1.807) is 6.07 Å². The Labute approximate surface area is 92.9 Å². The summed E-state index contributed by atoms with van der Waals surface area (Å²) in [5.41, 5.74) is 1.24. The lowest BCUT2D eigenvalue weighted by atomic mass is 9.99. The van der Waals surface area contributed by atoms with Crippen LogP contribution in [-0.4, -0.2) is 13.1 Å². The van der Waals surface area contributed by atoms with Crippen molar-refractivity contribution in [3.63, 3.8) is 0 Å². The van der Waals surface area contributed by atoms with Gasteiger partial charge in [-0.15, -0.1) is 0 Å². The van der Waals surface area contributed by atoms with Gasteiger partial charge in [0.15, 0.2) is 0 Å². The number of anilines is 1. The van der Waals surface area contributed by atoms with Crippen molar-refractivity contribution in [2.75, 3.05) is 18.0 Å². The van der Waals surface area contributed by atoms with E-state index in [0.717, 1.165) is 37.2 Å². The van der Waals surface area contributed by atoms with Crippen molar-refractivity contribution in [1.82, 2.24) is 0 Å². The van der Waals surface area contributed by atoms with Gasteiger partial charge < -0.3 is 4.90 Å². The molecule has 4 heteroatoms. The first-order valence-corrected chi connectivity index (χ1v) is 5.47. The molecule has 0 radical (unpaired) electrons. The summed E-state index contributed by atoms with van der Waals surface area (Å²) in [5, 5.41) is 0. The molecule has 0 N–H and O–H groups in total. The molecule has 0 fully saturated rings. The molecule has 2 rings (SSSR count). The number of fused-ring (bicyclic) bond motifs is 1. The average Bonchev–Trinajstić information content (AvgIpc) is 2.26. The lowest BCUT2D eigenvalue weighted by Gasteiger charge is -2.30. The Morgan fingerprint density at radius 2 is 2.06 bits per heavy atom. The molecular weight excluding hydrogens is 215 g/mol. The normalized spacial score (nSPS) is 16.1. The van der Waals surface area contributed by atoms with Crippen LogP contribution in [0.1, 0.15) is 24.5 Å². The van der Waals surface area contributed by atoms with E-state index in [4.69, 9.17) is 0 Å². The minimum absolute atomic E-state index is 0.538. The lowest BCUT2D eigenvalue weighted by Crippen LogP contribution is -2.29. The molecule has 1 aliphatic heterocycles. The topological polar surface area (TPSA) is 3.24 Å². The Morgan fingerprint density at radius 3 is 2.69 bits per heavy atom. The zero-order valence-corrected chi connectivity index (χ0v) is 9.14. The molecule has 1 aromatic carbocycles. The number of hydrogen-bond acceptors (Lipinski definition) is 1. The Balaban J connectivity index is 2.39. The number of halogens is 3. The van der Waals surface area contributed by atoms with Crippen molar-refractivity contribution in [2.24, 2.45) is 0 Å². The first-order valence-electron chi connectivity index (χ1n) is 5.47. The third-order valence-corrected chi connectivity index (χ3v) is 3.00. The third kappa shape index (κ3) is 2.01. The minimum Gasteiger partial charge on any atom is -0.372 e. The zero-order valence-electron chi connectivity index (χ0n) is 9.14. The van der Waals surface area contributed by atoms with Crippen LogP contribution in [0.4, 0.5) is 18.9 Å². The highest BCUT2D eigenvalue weighted by Crippen LogP contribution is 2.34. The van der Waals surface area contributed by atoms with Gasteiger partial charge in [0, 0.05) is 18.8 Å². The summed E-state index contributed by atoms with van der Waals surface area (Å²) in [6.07, 6.45) is -2.55. The molecule has 0 spiro atoms. The Bertz CT molecular complexity index is 384. The van der Waals surface area contributed by atoms with Gasteiger partial charge in [-0.25, -0.2) is 0 Å². The van der Waals surface area contributed by atoms with Crippen molar-refractivity contribution in [2.45, 2.75) is 25.9 Å². The summed E-state index contributed by atoms with van der Waals surface area (Å²) in [6.45, 7) is 3.81. The summed E-state index contributed by atoms with van der Waals surface area (Å²) in [4.78, 5) is 2.12. The standard InChI is InChI=1S/C12H14F3N/c1-2-16-7-3-4-9-8-10(12(13,14)15)5-6-11(9)16/h5-6,8H,2-4,7H2,1H3. The SMILES string of the molecule is CCN1CCCc2cc(C(F)(F)F)ccc21. The van der Waals surface area contributed by atoms with E-state index < -0.39 is 11.7 Å². The van der Waals surface area contributed by atoms with Crippen LogP contribution in [0.5, 0.6) is 0 Å². The molecule has 0 aliphatic carbocycles. The average molecular weight is 229 g/mol. The molecule has 0 aromatic heterocycles. The van der Waals surface area contributed by atoms with Crippen LogP contribution in [0.2, 0.25) is 0 Å². The van der Waals surface area contributed by atoms with Crippen molar-refractivity contribution >= 4 is 5.69 Å². The predicted molar refractivity (Wildman–Crippen MR) is 57.7 cm³/mol. The number of rotatable bonds is 1. The maximum atomic E-state index is 12.5. The van der Waals surface area contributed by atoms with Gasteiger partial charge in [-0.2, -0.15) is 13.2 Å². The van der Waals surface area contributed by atoms with Crippen molar-refractivity contribution in [3.05, 3.63) is 29.3 Å². The fraction of sp³-hybridized carbons (Fsp3) is 0.500. The van der Waals surface area contributed by atoms with Gasteiger partial charge in [0.2, 0.25) is 0 Å². The molecule has 0 saturated heterocycles. The Kier molecular flexibility index (Phi) is 2.82. The summed E-state index contributed by atoms with van der Waals surface area (Å²) < 4.78 is 37.6. The monoisotopic (exact) mass is 229 g/mol. The smallest absolute Gasteiger partial charge is 0.372 e. The van der Waals surface area contributed by atoms with E-state index >= 15 is 0 Å². The van der Waals surface area contributed by atoms with Crippen LogP contribution in [0.15, 0.2) is 18.2 Å². The number of aryl methyl sites for hydroxylation is 1. The summed E-state index contributed by atoms with van der Waals surface area (Å²) >= 11 is 0. The van der Waals surface area contributed by atoms with Gasteiger partial charge in [0.05, 0.1) is 5.56 Å². The second-order valence-corrected chi connectivity index (χ2v) is 4.02. The first-order chi connectivity index (χ1) is 7.52. The van der Waals surface area contributed by atoms with E-state index in [1.165, 1.54) is 12.1 Å². The largest absolute Gasteiger partial charge is 0.416 e. The number of benzene rings is 1.